The lowest BCUT2D eigenvalue weighted by molar-refractivity contribution is -0.135. The number of hydrogen-bond acceptors (Lipinski definition) is 4. The van der Waals surface area contributed by atoms with E-state index in [1.165, 1.54) is 23.7 Å². The van der Waals surface area contributed by atoms with Gasteiger partial charge in [-0.05, 0) is 50.7 Å². The van der Waals surface area contributed by atoms with Gasteiger partial charge in [0.05, 0.1) is 4.91 Å². The molecule has 150 valence electrons. The van der Waals surface area contributed by atoms with Gasteiger partial charge < -0.3 is 4.90 Å². The average molecular weight is 417 g/mol. The van der Waals surface area contributed by atoms with Crippen LogP contribution in [0, 0.1) is 6.92 Å². The van der Waals surface area contributed by atoms with Gasteiger partial charge in [0.25, 0.3) is 5.91 Å². The molecular formula is C22H28N2O2S2. The van der Waals surface area contributed by atoms with Crippen molar-refractivity contribution >= 4 is 46.2 Å². The van der Waals surface area contributed by atoms with Gasteiger partial charge in [-0.25, -0.2) is 0 Å². The van der Waals surface area contributed by atoms with Crippen LogP contribution in [0.25, 0.3) is 6.08 Å². The first-order valence-electron chi connectivity index (χ1n) is 10.1. The van der Waals surface area contributed by atoms with Crippen LogP contribution in [0.4, 0.5) is 0 Å². The molecule has 1 unspecified atom stereocenters. The number of carbonyl (C=O) groups excluding carboxylic acids is 2. The first kappa shape index (κ1) is 21.1. The maximum atomic E-state index is 12.7. The van der Waals surface area contributed by atoms with Crippen LogP contribution in [0.1, 0.15) is 56.6 Å². The molecule has 28 heavy (non-hydrogen) atoms. The first-order valence-corrected chi connectivity index (χ1v) is 11.3. The second-order valence-electron chi connectivity index (χ2n) is 7.49. The summed E-state index contributed by atoms with van der Waals surface area (Å²) in [5.41, 5.74) is 2.19. The monoisotopic (exact) mass is 416 g/mol. The van der Waals surface area contributed by atoms with E-state index in [2.05, 4.69) is 6.92 Å². The SMILES string of the molecule is CCC1CCCCN1C(=O)CCCN1C(=O)/C(=C/c2ccc(C)cc2)SC1=S. The van der Waals surface area contributed by atoms with Gasteiger partial charge in [-0.3, -0.25) is 14.5 Å². The van der Waals surface area contributed by atoms with Crippen molar-refractivity contribution in [3.05, 3.63) is 40.3 Å². The number of rotatable bonds is 6. The van der Waals surface area contributed by atoms with Crippen molar-refractivity contribution in [3.63, 3.8) is 0 Å². The number of piperidine rings is 1. The van der Waals surface area contributed by atoms with Gasteiger partial charge in [0.15, 0.2) is 0 Å². The van der Waals surface area contributed by atoms with Crippen molar-refractivity contribution in [2.75, 3.05) is 13.1 Å². The molecular weight excluding hydrogens is 388 g/mol. The molecule has 1 aromatic rings. The third-order valence-corrected chi connectivity index (χ3v) is 6.82. The van der Waals surface area contributed by atoms with Crippen LogP contribution in [0.15, 0.2) is 29.2 Å². The Morgan fingerprint density at radius 1 is 1.29 bits per heavy atom. The van der Waals surface area contributed by atoms with E-state index in [-0.39, 0.29) is 11.8 Å². The number of nitrogens with zero attached hydrogens (tertiary/aromatic N) is 2. The highest BCUT2D eigenvalue weighted by atomic mass is 32.2. The maximum absolute atomic E-state index is 12.7. The number of thioether (sulfide) groups is 1. The molecule has 1 atom stereocenters. The topological polar surface area (TPSA) is 40.6 Å². The normalized spacial score (nSPS) is 21.6. The van der Waals surface area contributed by atoms with Crippen LogP contribution in [0.2, 0.25) is 0 Å². The molecule has 3 rings (SSSR count). The van der Waals surface area contributed by atoms with Crippen molar-refractivity contribution in [1.82, 2.24) is 9.80 Å². The van der Waals surface area contributed by atoms with Crippen molar-refractivity contribution < 1.29 is 9.59 Å². The van der Waals surface area contributed by atoms with Gasteiger partial charge >= 0.3 is 0 Å². The smallest absolute Gasteiger partial charge is 0.266 e. The van der Waals surface area contributed by atoms with Gasteiger partial charge in [0.1, 0.15) is 4.32 Å². The van der Waals surface area contributed by atoms with E-state index in [0.29, 0.717) is 34.7 Å². The molecule has 2 heterocycles. The largest absolute Gasteiger partial charge is 0.340 e. The summed E-state index contributed by atoms with van der Waals surface area (Å²) in [6.07, 6.45) is 7.46. The fraction of sp³-hybridized carbons (Fsp3) is 0.500. The number of carbonyl (C=O) groups is 2. The highest BCUT2D eigenvalue weighted by molar-refractivity contribution is 8.26. The lowest BCUT2D eigenvalue weighted by Crippen LogP contribution is -2.43. The summed E-state index contributed by atoms with van der Waals surface area (Å²) >= 11 is 6.75. The molecule has 0 bridgehead atoms. The molecule has 0 radical (unpaired) electrons. The molecule has 0 N–H and O–H groups in total. The first-order chi connectivity index (χ1) is 13.5. The summed E-state index contributed by atoms with van der Waals surface area (Å²) in [6.45, 7) is 5.57. The molecule has 0 aromatic heterocycles. The van der Waals surface area contributed by atoms with Crippen LogP contribution in [0.3, 0.4) is 0 Å². The van der Waals surface area contributed by atoms with Crippen molar-refractivity contribution in [1.29, 1.82) is 0 Å². The Labute approximate surface area is 177 Å². The van der Waals surface area contributed by atoms with E-state index in [4.69, 9.17) is 12.2 Å². The Morgan fingerprint density at radius 3 is 2.75 bits per heavy atom. The molecule has 2 aliphatic heterocycles. The van der Waals surface area contributed by atoms with E-state index in [9.17, 15) is 9.59 Å². The van der Waals surface area contributed by atoms with Crippen molar-refractivity contribution in [2.24, 2.45) is 0 Å². The number of aryl methyl sites for hydroxylation is 1. The fourth-order valence-electron chi connectivity index (χ4n) is 3.79. The number of hydrogen-bond donors (Lipinski definition) is 0. The van der Waals surface area contributed by atoms with Crippen molar-refractivity contribution in [2.45, 2.75) is 58.4 Å². The zero-order valence-electron chi connectivity index (χ0n) is 16.6. The maximum Gasteiger partial charge on any atom is 0.266 e. The van der Waals surface area contributed by atoms with E-state index in [1.54, 1.807) is 4.90 Å². The zero-order valence-corrected chi connectivity index (χ0v) is 18.3. The molecule has 2 fully saturated rings. The Balaban J connectivity index is 1.54. The van der Waals surface area contributed by atoms with Gasteiger partial charge in [0, 0.05) is 25.6 Å². The molecule has 0 spiro atoms. The third kappa shape index (κ3) is 5.03. The summed E-state index contributed by atoms with van der Waals surface area (Å²) in [5, 5.41) is 0. The zero-order chi connectivity index (χ0) is 20.1. The number of thiocarbonyl (C=S) groups is 1. The highest BCUT2D eigenvalue weighted by Crippen LogP contribution is 2.32. The standard InChI is InChI=1S/C22H28N2O2S2/c1-3-18-7-4-5-13-23(18)20(25)8-6-14-24-21(26)19(28-22(24)27)15-17-11-9-16(2)10-12-17/h9-12,15,18H,3-8,13-14H2,1-2H3/b19-15-. The quantitative estimate of drug-likeness (QED) is 0.495. The number of benzene rings is 1. The predicted octanol–water partition coefficient (Wildman–Crippen LogP) is 4.77. The van der Waals surface area contributed by atoms with Crippen LogP contribution >= 0.6 is 24.0 Å². The molecule has 0 aliphatic carbocycles. The minimum Gasteiger partial charge on any atom is -0.340 e. The summed E-state index contributed by atoms with van der Waals surface area (Å²) in [4.78, 5) is 29.7. The van der Waals surface area contributed by atoms with Crippen molar-refractivity contribution in [3.8, 4) is 0 Å². The number of likely N-dealkylation sites (tertiary alicyclic amines) is 1. The molecule has 2 aliphatic rings. The summed E-state index contributed by atoms with van der Waals surface area (Å²) in [6, 6.07) is 8.45. The van der Waals surface area contributed by atoms with Gasteiger partial charge in [0.2, 0.25) is 5.91 Å². The number of amides is 2. The molecule has 2 saturated heterocycles. The molecule has 6 heteroatoms. The van der Waals surface area contributed by atoms with E-state index in [1.807, 2.05) is 42.2 Å². The Kier molecular flexibility index (Phi) is 7.30. The van der Waals surface area contributed by atoms with Gasteiger partial charge in [-0.2, -0.15) is 0 Å². The Morgan fingerprint density at radius 2 is 2.04 bits per heavy atom. The second-order valence-corrected chi connectivity index (χ2v) is 9.17. The minimum absolute atomic E-state index is 0.0487. The molecule has 2 amide bonds. The summed E-state index contributed by atoms with van der Waals surface area (Å²) in [7, 11) is 0. The summed E-state index contributed by atoms with van der Waals surface area (Å²) < 4.78 is 0.584. The predicted molar refractivity (Wildman–Crippen MR) is 120 cm³/mol. The van der Waals surface area contributed by atoms with E-state index in [0.717, 1.165) is 31.4 Å². The van der Waals surface area contributed by atoms with Crippen LogP contribution in [-0.2, 0) is 9.59 Å². The van der Waals surface area contributed by atoms with E-state index < -0.39 is 0 Å². The van der Waals surface area contributed by atoms with Crippen LogP contribution < -0.4 is 0 Å². The lowest BCUT2D eigenvalue weighted by atomic mass is 9.99. The molecule has 1 aromatic carbocycles. The summed E-state index contributed by atoms with van der Waals surface area (Å²) in [5.74, 6) is 0.166. The second kappa shape index (κ2) is 9.70. The third-order valence-electron chi connectivity index (χ3n) is 5.44. The Bertz CT molecular complexity index is 773. The van der Waals surface area contributed by atoms with Gasteiger partial charge in [-0.15, -0.1) is 0 Å². The fourth-order valence-corrected chi connectivity index (χ4v) is 5.10. The van der Waals surface area contributed by atoms with E-state index >= 15 is 0 Å². The molecule has 0 saturated carbocycles. The highest BCUT2D eigenvalue weighted by Gasteiger charge is 2.32. The van der Waals surface area contributed by atoms with Crippen LogP contribution in [-0.4, -0.2) is 45.1 Å². The average Bonchev–Trinajstić information content (AvgIpc) is 2.96. The minimum atomic E-state index is -0.0487. The molecule has 4 nitrogen and oxygen atoms in total. The van der Waals surface area contributed by atoms with Gasteiger partial charge in [-0.1, -0.05) is 60.7 Å². The lowest BCUT2D eigenvalue weighted by Gasteiger charge is -2.35. The van der Waals surface area contributed by atoms with Crippen LogP contribution in [0.5, 0.6) is 0 Å². The Hall–Kier alpha value is -1.66.